The third-order valence-electron chi connectivity index (χ3n) is 3.60. The molecule has 0 radical (unpaired) electrons. The highest BCUT2D eigenvalue weighted by atomic mass is 32.2. The van der Waals surface area contributed by atoms with Crippen molar-refractivity contribution in [3.05, 3.63) is 47.8 Å². The molecule has 136 valence electrons. The summed E-state index contributed by atoms with van der Waals surface area (Å²) in [6.07, 6.45) is 0. The van der Waals surface area contributed by atoms with Crippen molar-refractivity contribution in [3.8, 4) is 16.4 Å². The van der Waals surface area contributed by atoms with Crippen molar-refractivity contribution in [2.45, 2.75) is 5.16 Å². The van der Waals surface area contributed by atoms with Crippen LogP contribution in [-0.2, 0) is 4.79 Å². The van der Waals surface area contributed by atoms with Crippen molar-refractivity contribution in [2.75, 3.05) is 32.9 Å². The lowest BCUT2D eigenvalue weighted by atomic mass is 10.3. The summed E-state index contributed by atoms with van der Waals surface area (Å²) >= 11 is 3.02. The lowest BCUT2D eigenvalue weighted by Crippen LogP contribution is -2.32. The Balaban J connectivity index is 1.76. The van der Waals surface area contributed by atoms with Gasteiger partial charge in [0.05, 0.1) is 10.6 Å². The number of hydrogen-bond donors (Lipinski definition) is 1. The molecule has 0 aliphatic rings. The molecular formula is C18H21N5OS2. The van der Waals surface area contributed by atoms with Crippen LogP contribution < -0.4 is 5.32 Å². The summed E-state index contributed by atoms with van der Waals surface area (Å²) in [5.41, 5.74) is 0.983. The second-order valence-corrected chi connectivity index (χ2v) is 7.79. The Morgan fingerprint density at radius 2 is 2.00 bits per heavy atom. The summed E-state index contributed by atoms with van der Waals surface area (Å²) in [4.78, 5) is 15.2. The molecule has 26 heavy (non-hydrogen) atoms. The van der Waals surface area contributed by atoms with Crippen LogP contribution in [0, 0.1) is 0 Å². The zero-order chi connectivity index (χ0) is 18.4. The first-order valence-electron chi connectivity index (χ1n) is 8.24. The van der Waals surface area contributed by atoms with Gasteiger partial charge < -0.3 is 10.2 Å². The quantitative estimate of drug-likeness (QED) is 0.602. The van der Waals surface area contributed by atoms with Gasteiger partial charge in [-0.3, -0.25) is 9.36 Å². The number of nitrogens with one attached hydrogen (secondary N) is 1. The van der Waals surface area contributed by atoms with E-state index < -0.39 is 0 Å². The standard InChI is InChI=1S/C18H21N5OS2/c1-22(2)11-10-19-16(24)13-26-18-21-20-17(15-9-6-12-25-15)23(18)14-7-4-3-5-8-14/h3-9,12H,10-11,13H2,1-2H3,(H,19,24). The van der Waals surface area contributed by atoms with E-state index in [0.29, 0.717) is 17.5 Å². The molecule has 2 heterocycles. The summed E-state index contributed by atoms with van der Waals surface area (Å²) in [5, 5.41) is 14.3. The summed E-state index contributed by atoms with van der Waals surface area (Å²) in [6.45, 7) is 1.46. The lowest BCUT2D eigenvalue weighted by Gasteiger charge is -2.11. The van der Waals surface area contributed by atoms with Gasteiger partial charge in [-0.1, -0.05) is 36.0 Å². The molecule has 1 N–H and O–H groups in total. The normalized spacial score (nSPS) is 11.0. The van der Waals surface area contributed by atoms with E-state index in [9.17, 15) is 4.79 Å². The largest absolute Gasteiger partial charge is 0.354 e. The van der Waals surface area contributed by atoms with Crippen LogP contribution in [0.15, 0.2) is 53.0 Å². The van der Waals surface area contributed by atoms with E-state index >= 15 is 0 Å². The van der Waals surface area contributed by atoms with Gasteiger partial charge in [-0.2, -0.15) is 0 Å². The average molecular weight is 388 g/mol. The molecule has 0 aliphatic carbocycles. The molecule has 3 rings (SSSR count). The van der Waals surface area contributed by atoms with Crippen LogP contribution in [-0.4, -0.2) is 58.5 Å². The van der Waals surface area contributed by atoms with E-state index in [-0.39, 0.29) is 5.91 Å². The van der Waals surface area contributed by atoms with Crippen LogP contribution in [0.25, 0.3) is 16.4 Å². The Bertz CT molecular complexity index is 831. The van der Waals surface area contributed by atoms with Crippen LogP contribution in [0.1, 0.15) is 0 Å². The Hall–Kier alpha value is -2.16. The minimum atomic E-state index is -0.00265. The van der Waals surface area contributed by atoms with Gasteiger partial charge in [0.2, 0.25) is 5.91 Å². The van der Waals surface area contributed by atoms with Crippen molar-refractivity contribution in [3.63, 3.8) is 0 Å². The SMILES string of the molecule is CN(C)CCNC(=O)CSc1nnc(-c2cccs2)n1-c1ccccc1. The van der Waals surface area contributed by atoms with Gasteiger partial charge in [0.1, 0.15) is 0 Å². The fourth-order valence-electron chi connectivity index (χ4n) is 2.34. The van der Waals surface area contributed by atoms with E-state index in [4.69, 9.17) is 0 Å². The van der Waals surface area contributed by atoms with Crippen molar-refractivity contribution < 1.29 is 4.79 Å². The molecule has 0 saturated heterocycles. The maximum atomic E-state index is 12.1. The lowest BCUT2D eigenvalue weighted by molar-refractivity contribution is -0.118. The van der Waals surface area contributed by atoms with Gasteiger partial charge in [0.15, 0.2) is 11.0 Å². The van der Waals surface area contributed by atoms with Crippen LogP contribution in [0.5, 0.6) is 0 Å². The summed E-state index contributed by atoms with van der Waals surface area (Å²) < 4.78 is 2.00. The van der Waals surface area contributed by atoms with Crippen LogP contribution in [0.2, 0.25) is 0 Å². The molecule has 1 aromatic carbocycles. The fourth-order valence-corrected chi connectivity index (χ4v) is 3.82. The molecule has 6 nitrogen and oxygen atoms in total. The third kappa shape index (κ3) is 4.72. The van der Waals surface area contributed by atoms with Crippen LogP contribution >= 0.6 is 23.1 Å². The van der Waals surface area contributed by atoms with Crippen LogP contribution in [0.3, 0.4) is 0 Å². The number of para-hydroxylation sites is 1. The van der Waals surface area contributed by atoms with Crippen molar-refractivity contribution in [2.24, 2.45) is 0 Å². The van der Waals surface area contributed by atoms with Crippen molar-refractivity contribution in [1.82, 2.24) is 25.0 Å². The van der Waals surface area contributed by atoms with Gasteiger partial charge in [-0.25, -0.2) is 0 Å². The monoisotopic (exact) mass is 387 g/mol. The van der Waals surface area contributed by atoms with E-state index in [2.05, 4.69) is 15.5 Å². The molecule has 8 heteroatoms. The Morgan fingerprint density at radius 1 is 1.19 bits per heavy atom. The maximum absolute atomic E-state index is 12.1. The number of hydrogen-bond acceptors (Lipinski definition) is 6. The van der Waals surface area contributed by atoms with Crippen molar-refractivity contribution >= 4 is 29.0 Å². The minimum Gasteiger partial charge on any atom is -0.354 e. The molecule has 0 bridgehead atoms. The van der Waals surface area contributed by atoms with E-state index in [1.807, 2.05) is 71.4 Å². The summed E-state index contributed by atoms with van der Waals surface area (Å²) in [5.74, 6) is 1.10. The number of amides is 1. The van der Waals surface area contributed by atoms with E-state index in [1.54, 1.807) is 11.3 Å². The Labute approximate surface area is 161 Å². The highest BCUT2D eigenvalue weighted by Gasteiger charge is 2.17. The number of thioether (sulfide) groups is 1. The second kappa shape index (κ2) is 8.98. The number of benzene rings is 1. The Morgan fingerprint density at radius 3 is 2.69 bits per heavy atom. The Kier molecular flexibility index (Phi) is 6.43. The number of rotatable bonds is 8. The predicted molar refractivity (Wildman–Crippen MR) is 107 cm³/mol. The number of carbonyl (C=O) groups excluding carboxylic acids is 1. The molecule has 0 unspecified atom stereocenters. The number of carbonyl (C=O) groups is 1. The maximum Gasteiger partial charge on any atom is 0.230 e. The van der Waals surface area contributed by atoms with Crippen LogP contribution in [0.4, 0.5) is 0 Å². The molecule has 2 aromatic heterocycles. The number of thiophene rings is 1. The first kappa shape index (κ1) is 18.6. The third-order valence-corrected chi connectivity index (χ3v) is 5.40. The highest BCUT2D eigenvalue weighted by molar-refractivity contribution is 7.99. The van der Waals surface area contributed by atoms with Gasteiger partial charge in [0, 0.05) is 18.8 Å². The molecule has 0 saturated carbocycles. The number of likely N-dealkylation sites (N-methyl/N-ethyl adjacent to an activating group) is 1. The van der Waals surface area contributed by atoms with E-state index in [0.717, 1.165) is 22.9 Å². The van der Waals surface area contributed by atoms with Crippen molar-refractivity contribution in [1.29, 1.82) is 0 Å². The molecular weight excluding hydrogens is 366 g/mol. The molecule has 0 atom stereocenters. The van der Waals surface area contributed by atoms with Gasteiger partial charge in [0.25, 0.3) is 0 Å². The first-order valence-corrected chi connectivity index (χ1v) is 10.1. The first-order chi connectivity index (χ1) is 12.6. The van der Waals surface area contributed by atoms with Gasteiger partial charge in [-0.15, -0.1) is 21.5 Å². The van der Waals surface area contributed by atoms with E-state index in [1.165, 1.54) is 11.8 Å². The average Bonchev–Trinajstić information content (AvgIpc) is 3.29. The van der Waals surface area contributed by atoms with Gasteiger partial charge >= 0.3 is 0 Å². The molecule has 1 amide bonds. The van der Waals surface area contributed by atoms with Gasteiger partial charge in [-0.05, 0) is 37.7 Å². The zero-order valence-corrected chi connectivity index (χ0v) is 16.4. The predicted octanol–water partition coefficient (Wildman–Crippen LogP) is 2.77. The number of aromatic nitrogens is 3. The highest BCUT2D eigenvalue weighted by Crippen LogP contribution is 2.30. The molecule has 0 fully saturated rings. The second-order valence-electron chi connectivity index (χ2n) is 5.90. The molecule has 0 aliphatic heterocycles. The summed E-state index contributed by atoms with van der Waals surface area (Å²) in [6, 6.07) is 14.0. The number of nitrogens with zero attached hydrogens (tertiary/aromatic N) is 4. The minimum absolute atomic E-state index is 0.00265. The summed E-state index contributed by atoms with van der Waals surface area (Å²) in [7, 11) is 3.96. The smallest absolute Gasteiger partial charge is 0.230 e. The zero-order valence-electron chi connectivity index (χ0n) is 14.8. The molecule has 3 aromatic rings. The fraction of sp³-hybridized carbons (Fsp3) is 0.278. The molecule has 0 spiro atoms. The topological polar surface area (TPSA) is 63.1 Å².